The van der Waals surface area contributed by atoms with Gasteiger partial charge in [0.15, 0.2) is 0 Å². The maximum atomic E-state index is 13.2. The van der Waals surface area contributed by atoms with Crippen LogP contribution in [0.2, 0.25) is 0 Å². The summed E-state index contributed by atoms with van der Waals surface area (Å²) in [6.45, 7) is 3.35. The number of aryl methyl sites for hydroxylation is 2. The number of β-amino-alcohol motifs (C(OH)–C–C–N with tert-alkyl or cyclic N) is 1. The fourth-order valence-corrected chi connectivity index (χ4v) is 5.37. The lowest BCUT2D eigenvalue weighted by atomic mass is 9.99. The van der Waals surface area contributed by atoms with Crippen LogP contribution in [0.1, 0.15) is 38.3 Å². The number of aliphatic hydroxyl groups excluding tert-OH is 1. The van der Waals surface area contributed by atoms with E-state index < -0.39 is 6.10 Å². The SMILES string of the molecule is Cn1cc(N)cn1.Cn1ccc(Cc2cnc3c(c2)C(=O)N(CC(O)CN2CCc4ccccc4C2)CC3)c1. The first-order valence-corrected chi connectivity index (χ1v) is 13.4. The summed E-state index contributed by atoms with van der Waals surface area (Å²) >= 11 is 0. The molecule has 3 aromatic heterocycles. The van der Waals surface area contributed by atoms with Gasteiger partial charge in [0.05, 0.1) is 29.2 Å². The maximum Gasteiger partial charge on any atom is 0.255 e. The number of hydrogen-bond acceptors (Lipinski definition) is 6. The minimum absolute atomic E-state index is 0.0169. The summed E-state index contributed by atoms with van der Waals surface area (Å²) in [7, 11) is 3.83. The van der Waals surface area contributed by atoms with Gasteiger partial charge in [-0.25, -0.2) is 0 Å². The zero-order valence-electron chi connectivity index (χ0n) is 22.7. The highest BCUT2D eigenvalue weighted by atomic mass is 16.3. The van der Waals surface area contributed by atoms with Gasteiger partial charge in [-0.1, -0.05) is 24.3 Å². The first-order valence-electron chi connectivity index (χ1n) is 13.4. The Morgan fingerprint density at radius 1 is 1.00 bits per heavy atom. The smallest absolute Gasteiger partial charge is 0.255 e. The van der Waals surface area contributed by atoms with Crippen molar-refractivity contribution >= 4 is 11.6 Å². The largest absolute Gasteiger partial charge is 0.396 e. The zero-order chi connectivity index (χ0) is 27.4. The van der Waals surface area contributed by atoms with Gasteiger partial charge in [0.2, 0.25) is 0 Å². The molecule has 2 aliphatic heterocycles. The molecule has 9 nitrogen and oxygen atoms in total. The highest BCUT2D eigenvalue weighted by Crippen LogP contribution is 2.22. The van der Waals surface area contributed by atoms with E-state index >= 15 is 0 Å². The van der Waals surface area contributed by atoms with Crippen molar-refractivity contribution in [3.8, 4) is 0 Å². The lowest BCUT2D eigenvalue weighted by Gasteiger charge is -2.33. The number of amides is 1. The van der Waals surface area contributed by atoms with Gasteiger partial charge in [-0.3, -0.25) is 19.4 Å². The van der Waals surface area contributed by atoms with Gasteiger partial charge < -0.3 is 20.3 Å². The average Bonchev–Trinajstić information content (AvgIpc) is 3.52. The lowest BCUT2D eigenvalue weighted by Crippen LogP contribution is -2.46. The van der Waals surface area contributed by atoms with Gasteiger partial charge >= 0.3 is 0 Å². The van der Waals surface area contributed by atoms with Crippen molar-refractivity contribution in [3.05, 3.63) is 101 Å². The van der Waals surface area contributed by atoms with Crippen LogP contribution < -0.4 is 5.73 Å². The second kappa shape index (κ2) is 11.8. The molecule has 0 fully saturated rings. The molecule has 1 aromatic carbocycles. The van der Waals surface area contributed by atoms with Gasteiger partial charge in [0.25, 0.3) is 5.91 Å². The summed E-state index contributed by atoms with van der Waals surface area (Å²) in [5.74, 6) is -0.0169. The van der Waals surface area contributed by atoms with Crippen molar-refractivity contribution in [3.63, 3.8) is 0 Å². The molecule has 204 valence electrons. The van der Waals surface area contributed by atoms with E-state index in [0.717, 1.165) is 43.6 Å². The molecule has 0 saturated carbocycles. The Hall–Kier alpha value is -3.95. The van der Waals surface area contributed by atoms with Crippen LogP contribution in [-0.4, -0.2) is 72.4 Å². The minimum Gasteiger partial charge on any atom is -0.396 e. The summed E-state index contributed by atoms with van der Waals surface area (Å²) < 4.78 is 3.69. The monoisotopic (exact) mass is 527 g/mol. The van der Waals surface area contributed by atoms with Gasteiger partial charge in [-0.05, 0) is 40.8 Å². The van der Waals surface area contributed by atoms with E-state index in [1.54, 1.807) is 22.0 Å². The second-order valence-corrected chi connectivity index (χ2v) is 10.6. The molecular weight excluding hydrogens is 490 g/mol. The predicted molar refractivity (Wildman–Crippen MR) is 151 cm³/mol. The third-order valence-corrected chi connectivity index (χ3v) is 7.30. The number of pyridine rings is 1. The molecule has 6 rings (SSSR count). The lowest BCUT2D eigenvalue weighted by molar-refractivity contribution is 0.0491. The van der Waals surface area contributed by atoms with Gasteiger partial charge in [-0.15, -0.1) is 0 Å². The number of fused-ring (bicyclic) bond motifs is 2. The number of aliphatic hydroxyl groups is 1. The van der Waals surface area contributed by atoms with Crippen LogP contribution in [0.5, 0.6) is 0 Å². The molecule has 2 aliphatic rings. The molecular formula is C30H37N7O2. The van der Waals surface area contributed by atoms with Crippen molar-refractivity contribution in [2.75, 3.05) is 31.9 Å². The van der Waals surface area contributed by atoms with Gasteiger partial charge in [0, 0.05) is 84.4 Å². The number of anilines is 1. The molecule has 9 heteroatoms. The van der Waals surface area contributed by atoms with E-state index in [1.165, 1.54) is 16.7 Å². The summed E-state index contributed by atoms with van der Waals surface area (Å²) in [4.78, 5) is 21.8. The molecule has 0 saturated heterocycles. The van der Waals surface area contributed by atoms with Crippen LogP contribution in [-0.2, 0) is 39.9 Å². The fourth-order valence-electron chi connectivity index (χ4n) is 5.37. The number of carbonyl (C=O) groups excluding carboxylic acids is 1. The zero-order valence-corrected chi connectivity index (χ0v) is 22.7. The average molecular weight is 528 g/mol. The molecule has 0 bridgehead atoms. The van der Waals surface area contributed by atoms with Crippen LogP contribution in [0, 0.1) is 0 Å². The van der Waals surface area contributed by atoms with Crippen molar-refractivity contribution in [2.24, 2.45) is 14.1 Å². The molecule has 0 spiro atoms. The Morgan fingerprint density at radius 2 is 1.82 bits per heavy atom. The van der Waals surface area contributed by atoms with E-state index in [1.807, 2.05) is 37.1 Å². The number of nitrogens with zero attached hydrogens (tertiary/aromatic N) is 6. The first-order chi connectivity index (χ1) is 18.8. The number of benzene rings is 1. The number of nitrogen functional groups attached to an aromatic ring is 1. The number of aromatic nitrogens is 4. The van der Waals surface area contributed by atoms with Crippen LogP contribution in [0.15, 0.2) is 67.4 Å². The molecule has 4 aromatic rings. The van der Waals surface area contributed by atoms with Crippen molar-refractivity contribution in [1.29, 1.82) is 0 Å². The maximum absolute atomic E-state index is 13.2. The summed E-state index contributed by atoms with van der Waals surface area (Å²) in [5.41, 5.74) is 12.5. The third kappa shape index (κ3) is 6.74. The van der Waals surface area contributed by atoms with E-state index in [-0.39, 0.29) is 5.91 Å². The molecule has 5 heterocycles. The second-order valence-electron chi connectivity index (χ2n) is 10.6. The summed E-state index contributed by atoms with van der Waals surface area (Å²) in [5, 5.41) is 14.6. The summed E-state index contributed by atoms with van der Waals surface area (Å²) in [6.07, 6.45) is 11.3. The van der Waals surface area contributed by atoms with E-state index in [9.17, 15) is 9.90 Å². The Morgan fingerprint density at radius 3 is 2.51 bits per heavy atom. The van der Waals surface area contributed by atoms with Crippen LogP contribution >= 0.6 is 0 Å². The quantitative estimate of drug-likeness (QED) is 0.399. The van der Waals surface area contributed by atoms with E-state index in [4.69, 9.17) is 5.73 Å². The third-order valence-electron chi connectivity index (χ3n) is 7.30. The minimum atomic E-state index is -0.564. The van der Waals surface area contributed by atoms with Crippen LogP contribution in [0.3, 0.4) is 0 Å². The van der Waals surface area contributed by atoms with E-state index in [0.29, 0.717) is 30.9 Å². The van der Waals surface area contributed by atoms with Gasteiger partial charge in [0.1, 0.15) is 0 Å². The van der Waals surface area contributed by atoms with E-state index in [2.05, 4.69) is 51.5 Å². The fraction of sp³-hybridized carbons (Fsp3) is 0.367. The Kier molecular flexibility index (Phi) is 8.09. The first kappa shape index (κ1) is 26.6. The highest BCUT2D eigenvalue weighted by molar-refractivity contribution is 5.96. The normalized spacial score (nSPS) is 15.8. The Bertz CT molecular complexity index is 1410. The number of hydrogen-bond donors (Lipinski definition) is 2. The van der Waals surface area contributed by atoms with Crippen molar-refractivity contribution in [2.45, 2.75) is 31.9 Å². The van der Waals surface area contributed by atoms with Crippen LogP contribution in [0.25, 0.3) is 0 Å². The number of nitrogens with two attached hydrogens (primary N) is 1. The van der Waals surface area contributed by atoms with Crippen LogP contribution in [0.4, 0.5) is 5.69 Å². The number of rotatable bonds is 6. The number of carbonyl (C=O) groups is 1. The summed E-state index contributed by atoms with van der Waals surface area (Å²) in [6, 6.07) is 12.6. The Balaban J connectivity index is 0.000000384. The predicted octanol–water partition coefficient (Wildman–Crippen LogP) is 2.43. The van der Waals surface area contributed by atoms with Crippen molar-refractivity contribution < 1.29 is 9.90 Å². The molecule has 1 unspecified atom stereocenters. The molecule has 3 N–H and O–H groups in total. The molecule has 1 atom stereocenters. The van der Waals surface area contributed by atoms with Gasteiger partial charge in [-0.2, -0.15) is 5.10 Å². The topological polar surface area (TPSA) is 105 Å². The molecule has 0 aliphatic carbocycles. The highest BCUT2D eigenvalue weighted by Gasteiger charge is 2.28. The standard InChI is InChI=1S/C26H30N4O2.C4H7N3/c1-28-9-6-19(15-28)12-20-13-24-25(27-14-20)8-11-30(26(24)32)18-23(31)17-29-10-7-21-4-2-3-5-22(21)16-29;1-7-3-4(5)2-6-7/h2-6,9,13-15,23,31H,7-8,10-12,16-18H2,1H3;2-3H,5H2,1H3. The molecule has 0 radical (unpaired) electrons. The molecule has 39 heavy (non-hydrogen) atoms. The van der Waals surface area contributed by atoms with Crippen molar-refractivity contribution in [1.82, 2.24) is 29.1 Å². The Labute approximate surface area is 229 Å². The molecule has 1 amide bonds.